The molecule has 25 heavy (non-hydrogen) atoms. The summed E-state index contributed by atoms with van der Waals surface area (Å²) in [4.78, 5) is 29.6. The summed E-state index contributed by atoms with van der Waals surface area (Å²) in [5.41, 5.74) is 3.47. The maximum atomic E-state index is 13.0. The summed E-state index contributed by atoms with van der Waals surface area (Å²) in [7, 11) is 0. The normalized spacial score (nSPS) is 29.2. The minimum absolute atomic E-state index is 0.0273. The Balaban J connectivity index is 1.47. The van der Waals surface area contributed by atoms with Gasteiger partial charge in [-0.05, 0) is 62.9 Å². The first-order valence-corrected chi connectivity index (χ1v) is 9.37. The highest BCUT2D eigenvalue weighted by atomic mass is 16.2. The topological polar surface area (TPSA) is 52.7 Å². The molecule has 0 bridgehead atoms. The lowest BCUT2D eigenvalue weighted by Crippen LogP contribution is -2.40. The van der Waals surface area contributed by atoms with Crippen molar-refractivity contribution in [3.63, 3.8) is 0 Å². The third-order valence-electron chi connectivity index (χ3n) is 6.10. The fraction of sp³-hybridized carbons (Fsp3) is 0.600. The van der Waals surface area contributed by atoms with E-state index in [1.165, 1.54) is 0 Å². The number of rotatable bonds is 2. The molecule has 0 saturated carbocycles. The van der Waals surface area contributed by atoms with Gasteiger partial charge in [0.2, 0.25) is 11.8 Å². The highest BCUT2D eigenvalue weighted by Gasteiger charge is 2.46. The maximum Gasteiger partial charge on any atom is 0.239 e. The van der Waals surface area contributed by atoms with Crippen LogP contribution >= 0.6 is 0 Å². The molecule has 3 aliphatic rings. The molecule has 3 heterocycles. The number of carbonyl (C=O) groups is 2. The molecule has 1 N–H and O–H groups in total. The van der Waals surface area contributed by atoms with Crippen molar-refractivity contribution in [1.82, 2.24) is 10.2 Å². The predicted octanol–water partition coefficient (Wildman–Crippen LogP) is 1.87. The van der Waals surface area contributed by atoms with Gasteiger partial charge in [-0.25, -0.2) is 0 Å². The first kappa shape index (κ1) is 16.6. The number of benzene rings is 1. The first-order valence-electron chi connectivity index (χ1n) is 9.37. The van der Waals surface area contributed by atoms with Gasteiger partial charge in [0.15, 0.2) is 0 Å². The van der Waals surface area contributed by atoms with E-state index in [2.05, 4.69) is 11.4 Å². The van der Waals surface area contributed by atoms with Crippen LogP contribution in [-0.4, -0.2) is 49.4 Å². The van der Waals surface area contributed by atoms with E-state index in [0.717, 1.165) is 55.8 Å². The second-order valence-corrected chi connectivity index (χ2v) is 8.11. The average molecular weight is 341 g/mol. The lowest BCUT2D eigenvalue weighted by Gasteiger charge is -2.24. The lowest BCUT2D eigenvalue weighted by molar-refractivity contribution is -0.139. The monoisotopic (exact) mass is 341 g/mol. The number of hydrogen-bond acceptors (Lipinski definition) is 3. The molecule has 134 valence electrons. The van der Waals surface area contributed by atoms with E-state index in [4.69, 9.17) is 0 Å². The van der Waals surface area contributed by atoms with E-state index in [1.54, 1.807) is 4.90 Å². The number of carbonyl (C=O) groups excluding carboxylic acids is 2. The van der Waals surface area contributed by atoms with E-state index in [0.29, 0.717) is 13.0 Å². The van der Waals surface area contributed by atoms with Gasteiger partial charge in [-0.3, -0.25) is 9.59 Å². The average Bonchev–Trinajstić information content (AvgIpc) is 3.28. The standard InChI is InChI=1S/C20H27N3O2/c1-14-9-15(2)11-16(10-14)23-7-3-17(19(23)25)18(24)22-8-5-20(13-22)4-6-21-12-20/h9-11,17,21H,3-8,12-13H2,1-2H3/t17-,20-/m0/s1. The van der Waals surface area contributed by atoms with Crippen molar-refractivity contribution in [3.8, 4) is 0 Å². The molecule has 5 nitrogen and oxygen atoms in total. The fourth-order valence-corrected chi connectivity index (χ4v) is 4.76. The van der Waals surface area contributed by atoms with Gasteiger partial charge in [0, 0.05) is 37.3 Å². The van der Waals surface area contributed by atoms with E-state index < -0.39 is 5.92 Å². The molecule has 0 aliphatic carbocycles. The molecule has 3 fully saturated rings. The van der Waals surface area contributed by atoms with Gasteiger partial charge >= 0.3 is 0 Å². The highest BCUT2D eigenvalue weighted by Crippen LogP contribution is 2.37. The Morgan fingerprint density at radius 3 is 2.60 bits per heavy atom. The van der Waals surface area contributed by atoms with Crippen molar-refractivity contribution in [3.05, 3.63) is 29.3 Å². The van der Waals surface area contributed by atoms with Crippen LogP contribution in [0.25, 0.3) is 0 Å². The van der Waals surface area contributed by atoms with Gasteiger partial charge in [0.1, 0.15) is 5.92 Å². The first-order chi connectivity index (χ1) is 12.0. The second-order valence-electron chi connectivity index (χ2n) is 8.11. The van der Waals surface area contributed by atoms with Gasteiger partial charge in [-0.1, -0.05) is 6.07 Å². The minimum Gasteiger partial charge on any atom is -0.341 e. The molecule has 2 atom stereocenters. The Morgan fingerprint density at radius 2 is 1.92 bits per heavy atom. The zero-order valence-electron chi connectivity index (χ0n) is 15.2. The van der Waals surface area contributed by atoms with E-state index in [1.807, 2.05) is 30.9 Å². The van der Waals surface area contributed by atoms with Crippen molar-refractivity contribution in [2.75, 3.05) is 37.6 Å². The van der Waals surface area contributed by atoms with E-state index in [9.17, 15) is 9.59 Å². The molecule has 1 spiro atoms. The van der Waals surface area contributed by atoms with Crippen LogP contribution in [-0.2, 0) is 9.59 Å². The van der Waals surface area contributed by atoms with Crippen LogP contribution in [0.15, 0.2) is 18.2 Å². The number of aryl methyl sites for hydroxylation is 2. The zero-order valence-corrected chi connectivity index (χ0v) is 15.2. The number of nitrogens with zero attached hydrogens (tertiary/aromatic N) is 2. The lowest BCUT2D eigenvalue weighted by atomic mass is 9.86. The van der Waals surface area contributed by atoms with Crippen LogP contribution in [0.2, 0.25) is 0 Å². The Hall–Kier alpha value is -1.88. The summed E-state index contributed by atoms with van der Waals surface area (Å²) in [6.07, 6.45) is 2.84. The van der Waals surface area contributed by atoms with Crippen LogP contribution in [0.5, 0.6) is 0 Å². The van der Waals surface area contributed by atoms with Crippen LogP contribution in [0.3, 0.4) is 0 Å². The molecule has 1 aromatic rings. The van der Waals surface area contributed by atoms with Crippen molar-refractivity contribution >= 4 is 17.5 Å². The van der Waals surface area contributed by atoms with Crippen LogP contribution < -0.4 is 10.2 Å². The van der Waals surface area contributed by atoms with E-state index >= 15 is 0 Å². The molecule has 3 saturated heterocycles. The summed E-state index contributed by atoms with van der Waals surface area (Å²) in [5.74, 6) is -0.480. The Morgan fingerprint density at radius 1 is 1.16 bits per heavy atom. The number of anilines is 1. The molecule has 2 amide bonds. The fourth-order valence-electron chi connectivity index (χ4n) is 4.76. The Kier molecular flexibility index (Phi) is 4.07. The van der Waals surface area contributed by atoms with Crippen LogP contribution in [0.1, 0.15) is 30.4 Å². The third kappa shape index (κ3) is 2.95. The summed E-state index contributed by atoms with van der Waals surface area (Å²) in [6.45, 7) is 8.38. The van der Waals surface area contributed by atoms with Crippen LogP contribution in [0.4, 0.5) is 5.69 Å². The smallest absolute Gasteiger partial charge is 0.239 e. The molecule has 5 heteroatoms. The maximum absolute atomic E-state index is 13.0. The summed E-state index contributed by atoms with van der Waals surface area (Å²) in [6, 6.07) is 6.17. The molecule has 1 aromatic carbocycles. The summed E-state index contributed by atoms with van der Waals surface area (Å²) in [5, 5.41) is 3.42. The van der Waals surface area contributed by atoms with Crippen LogP contribution in [0, 0.1) is 25.2 Å². The van der Waals surface area contributed by atoms with Crippen molar-refractivity contribution in [2.45, 2.75) is 33.1 Å². The number of amides is 2. The Labute approximate surface area is 149 Å². The minimum atomic E-state index is -0.495. The second kappa shape index (κ2) is 6.13. The Bertz CT molecular complexity index is 689. The van der Waals surface area contributed by atoms with Gasteiger partial charge < -0.3 is 15.1 Å². The molecular weight excluding hydrogens is 314 g/mol. The number of likely N-dealkylation sites (tertiary alicyclic amines) is 1. The van der Waals surface area contributed by atoms with Gasteiger partial charge in [0.05, 0.1) is 0 Å². The predicted molar refractivity (Wildman–Crippen MR) is 97.5 cm³/mol. The SMILES string of the molecule is Cc1cc(C)cc(N2CC[C@@H](C(=O)N3CC[C@]4(CCNC4)C3)C2=O)c1. The van der Waals surface area contributed by atoms with Crippen molar-refractivity contribution in [2.24, 2.45) is 11.3 Å². The number of nitrogens with one attached hydrogen (secondary N) is 1. The highest BCUT2D eigenvalue weighted by molar-refractivity contribution is 6.09. The summed E-state index contributed by atoms with van der Waals surface area (Å²) >= 11 is 0. The molecule has 3 aliphatic heterocycles. The largest absolute Gasteiger partial charge is 0.341 e. The van der Waals surface area contributed by atoms with E-state index in [-0.39, 0.29) is 17.2 Å². The van der Waals surface area contributed by atoms with Gasteiger partial charge in [-0.15, -0.1) is 0 Å². The van der Waals surface area contributed by atoms with Gasteiger partial charge in [-0.2, -0.15) is 0 Å². The molecular formula is C20H27N3O2. The molecule has 0 aromatic heterocycles. The molecule has 0 unspecified atom stereocenters. The zero-order chi connectivity index (χ0) is 17.6. The molecule has 0 radical (unpaired) electrons. The quantitative estimate of drug-likeness (QED) is 0.836. The van der Waals surface area contributed by atoms with Crippen molar-refractivity contribution in [1.29, 1.82) is 0 Å². The molecule has 4 rings (SSSR count). The number of hydrogen-bond donors (Lipinski definition) is 1. The third-order valence-corrected chi connectivity index (χ3v) is 6.10. The van der Waals surface area contributed by atoms with Crippen molar-refractivity contribution < 1.29 is 9.59 Å². The summed E-state index contributed by atoms with van der Waals surface area (Å²) < 4.78 is 0. The van der Waals surface area contributed by atoms with Gasteiger partial charge in [0.25, 0.3) is 0 Å².